The second kappa shape index (κ2) is 12.9. The summed E-state index contributed by atoms with van der Waals surface area (Å²) in [5, 5.41) is 14.3. The average molecular weight is 588 g/mol. The van der Waals surface area contributed by atoms with Gasteiger partial charge in [0, 0.05) is 19.2 Å². The Kier molecular flexibility index (Phi) is 9.25. The molecule has 12 heteroatoms. The van der Waals surface area contributed by atoms with E-state index >= 15 is 0 Å². The largest absolute Gasteiger partial charge is 0.443 e. The molecular weight excluding hydrogens is 550 g/mol. The lowest BCUT2D eigenvalue weighted by atomic mass is 10.0. The molecule has 0 aliphatic carbocycles. The highest BCUT2D eigenvalue weighted by molar-refractivity contribution is 7.89. The number of amides is 1. The molecule has 41 heavy (non-hydrogen) atoms. The lowest BCUT2D eigenvalue weighted by Crippen LogP contribution is -2.51. The maximum Gasteiger partial charge on any atom is 0.407 e. The van der Waals surface area contributed by atoms with E-state index in [1.165, 1.54) is 22.8 Å². The monoisotopic (exact) mass is 587 g/mol. The number of aromatic nitrogens is 1. The number of carbonyl (C=O) groups is 1. The van der Waals surface area contributed by atoms with Crippen LogP contribution in [0.5, 0.6) is 0 Å². The molecule has 1 unspecified atom stereocenters. The number of alkyl carbamates (subject to hydrolysis) is 1. The first kappa shape index (κ1) is 29.5. The van der Waals surface area contributed by atoms with Gasteiger partial charge in [-0.3, -0.25) is 0 Å². The predicted octanol–water partition coefficient (Wildman–Crippen LogP) is 3.32. The molecule has 1 aromatic heterocycles. The third-order valence-corrected chi connectivity index (χ3v) is 9.68. The van der Waals surface area contributed by atoms with E-state index < -0.39 is 34.4 Å². The second-order valence-corrected chi connectivity index (χ2v) is 12.7. The number of aliphatic hydroxyl groups excluding tert-OH is 1. The van der Waals surface area contributed by atoms with Crippen molar-refractivity contribution in [2.45, 2.75) is 62.5 Å². The molecule has 2 fully saturated rings. The summed E-state index contributed by atoms with van der Waals surface area (Å²) >= 11 is 0. The first-order chi connectivity index (χ1) is 19.7. The van der Waals surface area contributed by atoms with Gasteiger partial charge in [0.25, 0.3) is 0 Å². The van der Waals surface area contributed by atoms with Gasteiger partial charge < -0.3 is 29.1 Å². The molecule has 2 aromatic carbocycles. The van der Waals surface area contributed by atoms with Crippen LogP contribution in [-0.2, 0) is 30.7 Å². The Labute approximate surface area is 239 Å². The molecule has 2 N–H and O–H groups in total. The lowest BCUT2D eigenvalue weighted by Gasteiger charge is -2.31. The molecule has 0 radical (unpaired) electrons. The molecule has 6 atom stereocenters. The molecule has 2 saturated heterocycles. The number of hydrogen-bond acceptors (Lipinski definition) is 9. The number of nitrogens with zero attached hydrogens (tertiary/aromatic N) is 2. The summed E-state index contributed by atoms with van der Waals surface area (Å²) in [7, 11) is -4.02. The second-order valence-electron chi connectivity index (χ2n) is 10.8. The van der Waals surface area contributed by atoms with E-state index in [1.807, 2.05) is 44.2 Å². The molecule has 2 aliphatic heterocycles. The minimum absolute atomic E-state index is 0.0282. The molecule has 222 valence electrons. The number of fused-ring (bicyclic) bond motifs is 2. The lowest BCUT2D eigenvalue weighted by molar-refractivity contribution is -0.0907. The van der Waals surface area contributed by atoms with E-state index in [-0.39, 0.29) is 49.1 Å². The highest BCUT2D eigenvalue weighted by atomic mass is 32.2. The number of rotatable bonds is 12. The SMILES string of the molecule is CC[C@H](C)CN(C[C@@H](O)C(Cc1ccccc1)NC(=O)O[C@H]1CO[C@H]2OCC[C@H]21)S(=O)(=O)c1ccc2ncoc2c1. The zero-order valence-electron chi connectivity index (χ0n) is 23.2. The van der Waals surface area contributed by atoms with Gasteiger partial charge in [-0.05, 0) is 36.5 Å². The van der Waals surface area contributed by atoms with Crippen LogP contribution in [0.4, 0.5) is 4.79 Å². The molecule has 3 aromatic rings. The predicted molar refractivity (Wildman–Crippen MR) is 149 cm³/mol. The van der Waals surface area contributed by atoms with Crippen LogP contribution >= 0.6 is 0 Å². The van der Waals surface area contributed by atoms with E-state index in [4.69, 9.17) is 18.6 Å². The van der Waals surface area contributed by atoms with Gasteiger partial charge in [-0.15, -0.1) is 0 Å². The third-order valence-electron chi connectivity index (χ3n) is 7.85. The van der Waals surface area contributed by atoms with Crippen LogP contribution in [-0.4, -0.2) is 79.7 Å². The molecular formula is C29H37N3O8S. The van der Waals surface area contributed by atoms with Gasteiger partial charge >= 0.3 is 6.09 Å². The quantitative estimate of drug-likeness (QED) is 0.327. The van der Waals surface area contributed by atoms with E-state index in [2.05, 4.69) is 10.3 Å². The first-order valence-corrected chi connectivity index (χ1v) is 15.4. The number of oxazole rings is 1. The number of sulfonamides is 1. The van der Waals surface area contributed by atoms with Crippen molar-refractivity contribution in [3.05, 3.63) is 60.5 Å². The zero-order chi connectivity index (χ0) is 29.0. The Balaban J connectivity index is 1.35. The number of aliphatic hydroxyl groups is 1. The summed E-state index contributed by atoms with van der Waals surface area (Å²) in [6.45, 7) is 4.69. The highest BCUT2D eigenvalue weighted by Crippen LogP contribution is 2.33. The van der Waals surface area contributed by atoms with Crippen LogP contribution in [0.25, 0.3) is 11.1 Å². The van der Waals surface area contributed by atoms with E-state index in [9.17, 15) is 18.3 Å². The first-order valence-electron chi connectivity index (χ1n) is 14.0. The summed E-state index contributed by atoms with van der Waals surface area (Å²) in [6, 6.07) is 13.1. The van der Waals surface area contributed by atoms with Crippen molar-refractivity contribution >= 4 is 27.2 Å². The Morgan fingerprint density at radius 2 is 2.00 bits per heavy atom. The van der Waals surface area contributed by atoms with Crippen LogP contribution < -0.4 is 5.32 Å². The molecule has 2 aliphatic rings. The maximum absolute atomic E-state index is 13.8. The van der Waals surface area contributed by atoms with Crippen molar-refractivity contribution in [1.29, 1.82) is 0 Å². The van der Waals surface area contributed by atoms with Crippen molar-refractivity contribution in [3.8, 4) is 0 Å². The van der Waals surface area contributed by atoms with Gasteiger partial charge in [0.05, 0.1) is 36.2 Å². The van der Waals surface area contributed by atoms with Crippen LogP contribution in [0.3, 0.4) is 0 Å². The summed E-state index contributed by atoms with van der Waals surface area (Å²) in [6.07, 6.45) is 0.264. The number of hydrogen-bond donors (Lipinski definition) is 2. The highest BCUT2D eigenvalue weighted by Gasteiger charge is 2.44. The van der Waals surface area contributed by atoms with Crippen LogP contribution in [0.2, 0.25) is 0 Å². The number of ether oxygens (including phenoxy) is 3. The molecule has 1 amide bonds. The van der Waals surface area contributed by atoms with Gasteiger partial charge in [-0.1, -0.05) is 50.6 Å². The van der Waals surface area contributed by atoms with Gasteiger partial charge in [-0.2, -0.15) is 4.31 Å². The number of benzene rings is 2. The summed E-state index contributed by atoms with van der Waals surface area (Å²) in [5.74, 6) is -0.00320. The fraction of sp³-hybridized carbons (Fsp3) is 0.517. The third kappa shape index (κ3) is 6.90. The molecule has 0 spiro atoms. The normalized spacial score (nSPS) is 22.9. The standard InChI is InChI=1S/C29H37N3O8S/c1-3-19(2)15-32(41(35,36)21-9-10-23-26(14-21)39-18-30-23)16-25(33)24(13-20-7-5-4-6-8-20)31-29(34)40-27-17-38-28-22(27)11-12-37-28/h4-10,14,18-19,22,24-25,27-28,33H,3,11-13,15-17H2,1-2H3,(H,31,34)/t19-,22-,24?,25+,27-,28+/m0/s1. The smallest absolute Gasteiger partial charge is 0.407 e. The Hall–Kier alpha value is -3.03. The van der Waals surface area contributed by atoms with Crippen molar-refractivity contribution in [2.24, 2.45) is 11.8 Å². The molecule has 0 bridgehead atoms. The Morgan fingerprint density at radius 1 is 1.20 bits per heavy atom. The van der Waals surface area contributed by atoms with Crippen LogP contribution in [0.15, 0.2) is 64.2 Å². The minimum Gasteiger partial charge on any atom is -0.443 e. The molecule has 5 rings (SSSR count). The molecule has 0 saturated carbocycles. The minimum atomic E-state index is -4.02. The van der Waals surface area contributed by atoms with Gasteiger partial charge in [0.2, 0.25) is 10.0 Å². The van der Waals surface area contributed by atoms with Crippen LogP contribution in [0.1, 0.15) is 32.3 Å². The van der Waals surface area contributed by atoms with Crippen molar-refractivity contribution in [1.82, 2.24) is 14.6 Å². The topological polar surface area (TPSA) is 140 Å². The van der Waals surface area contributed by atoms with Gasteiger partial charge in [-0.25, -0.2) is 18.2 Å². The fourth-order valence-electron chi connectivity index (χ4n) is 5.25. The molecule has 3 heterocycles. The summed E-state index contributed by atoms with van der Waals surface area (Å²) in [5.41, 5.74) is 1.77. The van der Waals surface area contributed by atoms with E-state index in [0.717, 1.165) is 18.4 Å². The van der Waals surface area contributed by atoms with Gasteiger partial charge in [0.15, 0.2) is 18.3 Å². The Bertz CT molecular complexity index is 1420. The van der Waals surface area contributed by atoms with Crippen molar-refractivity contribution in [3.63, 3.8) is 0 Å². The van der Waals surface area contributed by atoms with Crippen molar-refractivity contribution < 1.29 is 36.9 Å². The zero-order valence-corrected chi connectivity index (χ0v) is 24.0. The van der Waals surface area contributed by atoms with E-state index in [0.29, 0.717) is 17.7 Å². The molecule has 11 nitrogen and oxygen atoms in total. The number of carbonyl (C=O) groups excluding carboxylic acids is 1. The van der Waals surface area contributed by atoms with Crippen LogP contribution in [0, 0.1) is 11.8 Å². The summed E-state index contributed by atoms with van der Waals surface area (Å²) in [4.78, 5) is 17.1. The average Bonchev–Trinajstić information content (AvgIpc) is 3.71. The number of nitrogens with one attached hydrogen (secondary N) is 1. The van der Waals surface area contributed by atoms with E-state index in [1.54, 1.807) is 6.07 Å². The van der Waals surface area contributed by atoms with Crippen molar-refractivity contribution in [2.75, 3.05) is 26.3 Å². The summed E-state index contributed by atoms with van der Waals surface area (Å²) < 4.78 is 51.1. The maximum atomic E-state index is 13.8. The fourth-order valence-corrected chi connectivity index (χ4v) is 6.84. The Morgan fingerprint density at radius 3 is 2.78 bits per heavy atom. The van der Waals surface area contributed by atoms with Gasteiger partial charge in [0.1, 0.15) is 11.6 Å².